The predicted molar refractivity (Wildman–Crippen MR) is 127 cm³/mol. The highest BCUT2D eigenvalue weighted by atomic mass is 19.1. The molecule has 1 aromatic carbocycles. The number of Topliss-reactive ketones (excluding diaryl/α,β-unsaturated/α-hetero) is 2. The zero-order valence-corrected chi connectivity index (χ0v) is 19.9. The maximum absolute atomic E-state index is 13.8. The fourth-order valence-corrected chi connectivity index (χ4v) is 6.05. The molecule has 1 aromatic heterocycles. The van der Waals surface area contributed by atoms with Crippen LogP contribution in [0.1, 0.15) is 17.5 Å². The van der Waals surface area contributed by atoms with E-state index in [4.69, 9.17) is 5.73 Å². The van der Waals surface area contributed by atoms with Gasteiger partial charge in [-0.2, -0.15) is 4.39 Å². The fraction of sp³-hybridized carbons (Fsp3) is 0.308. The van der Waals surface area contributed by atoms with Crippen LogP contribution in [-0.2, 0) is 20.8 Å². The van der Waals surface area contributed by atoms with Gasteiger partial charge >= 0.3 is 0 Å². The second kappa shape index (κ2) is 8.22. The number of nitrogens with zero attached hydrogens (tertiary/aromatic N) is 2. The molecular formula is C26H24FN3O7. The minimum absolute atomic E-state index is 0.0253. The van der Waals surface area contributed by atoms with Crippen LogP contribution in [-0.4, -0.2) is 73.5 Å². The number of ketones is 2. The van der Waals surface area contributed by atoms with E-state index in [0.717, 1.165) is 0 Å². The van der Waals surface area contributed by atoms with Crippen molar-refractivity contribution in [3.63, 3.8) is 0 Å². The number of carbonyl (C=O) groups excluding carboxylic acids is 3. The van der Waals surface area contributed by atoms with Gasteiger partial charge in [0, 0.05) is 23.3 Å². The number of phenols is 1. The van der Waals surface area contributed by atoms with Crippen molar-refractivity contribution in [2.75, 3.05) is 14.1 Å². The van der Waals surface area contributed by atoms with Crippen LogP contribution in [0.2, 0.25) is 0 Å². The molecule has 0 spiro atoms. The Morgan fingerprint density at radius 2 is 1.86 bits per heavy atom. The average molecular weight is 509 g/mol. The van der Waals surface area contributed by atoms with Crippen molar-refractivity contribution in [1.29, 1.82) is 0 Å². The van der Waals surface area contributed by atoms with Crippen LogP contribution in [0, 0.1) is 17.8 Å². The number of pyridine rings is 1. The summed E-state index contributed by atoms with van der Waals surface area (Å²) in [6, 6.07) is 4.39. The van der Waals surface area contributed by atoms with Crippen LogP contribution in [0.4, 0.5) is 4.39 Å². The summed E-state index contributed by atoms with van der Waals surface area (Å²) in [6.07, 6.45) is 1.40. The largest absolute Gasteiger partial charge is 0.508 e. The van der Waals surface area contributed by atoms with E-state index in [1.54, 1.807) is 6.07 Å². The third-order valence-electron chi connectivity index (χ3n) is 7.64. The Labute approximate surface area is 210 Å². The van der Waals surface area contributed by atoms with Gasteiger partial charge in [-0.15, -0.1) is 0 Å². The summed E-state index contributed by atoms with van der Waals surface area (Å²) in [5.41, 5.74) is 3.00. The Morgan fingerprint density at radius 1 is 1.16 bits per heavy atom. The standard InChI is InChI=1S/C26H24FN3O7/c1-30(2)20-14-8-11-7-13-12(10-3-6-16(27)29-9-10)4-5-15(31)18(13)21(32)17(11)23(34)26(14,37)24(35)19(22(20)33)25(28)36/h3-6,9,11,14,20,31-32,35,37H,7-8H2,1-2H3,(H2,28,36)/t11-,14-,20-,26-/m1/s1. The number of carbonyl (C=O) groups is 3. The summed E-state index contributed by atoms with van der Waals surface area (Å²) < 4.78 is 13.4. The maximum atomic E-state index is 13.8. The van der Waals surface area contributed by atoms with E-state index in [1.807, 2.05) is 0 Å². The number of likely N-dealkylation sites (N-methyl/N-ethyl adjacent to an activating group) is 1. The third kappa shape index (κ3) is 3.31. The number of hydrogen-bond donors (Lipinski definition) is 5. The quantitative estimate of drug-likeness (QED) is 0.300. The summed E-state index contributed by atoms with van der Waals surface area (Å²) >= 11 is 0. The highest BCUT2D eigenvalue weighted by molar-refractivity contribution is 6.24. The molecule has 10 nitrogen and oxygen atoms in total. The minimum Gasteiger partial charge on any atom is -0.508 e. The number of aliphatic hydroxyl groups excluding tert-OH is 2. The third-order valence-corrected chi connectivity index (χ3v) is 7.64. The van der Waals surface area contributed by atoms with Crippen LogP contribution < -0.4 is 5.73 Å². The van der Waals surface area contributed by atoms with E-state index in [2.05, 4.69) is 4.98 Å². The van der Waals surface area contributed by atoms with Crippen molar-refractivity contribution in [3.8, 4) is 16.9 Å². The number of fused-ring (bicyclic) bond motifs is 3. The summed E-state index contributed by atoms with van der Waals surface area (Å²) in [6.45, 7) is 0. The molecule has 1 saturated carbocycles. The average Bonchev–Trinajstić information content (AvgIpc) is 2.82. The molecule has 3 aliphatic rings. The highest BCUT2D eigenvalue weighted by Crippen LogP contribution is 2.53. The number of aromatic hydroxyl groups is 1. The summed E-state index contributed by atoms with van der Waals surface area (Å²) in [5, 5.41) is 44.4. The molecule has 1 heterocycles. The minimum atomic E-state index is -2.70. The number of primary amides is 1. The molecule has 37 heavy (non-hydrogen) atoms. The molecule has 0 saturated heterocycles. The molecular weight excluding hydrogens is 485 g/mol. The summed E-state index contributed by atoms with van der Waals surface area (Å²) in [5.74, 6) is -7.82. The first-order chi connectivity index (χ1) is 17.4. The van der Waals surface area contributed by atoms with Crippen LogP contribution in [0.5, 0.6) is 5.75 Å². The number of halogens is 1. The van der Waals surface area contributed by atoms with Crippen LogP contribution in [0.3, 0.4) is 0 Å². The first kappa shape index (κ1) is 24.6. The molecule has 0 radical (unpaired) electrons. The molecule has 5 rings (SSSR count). The zero-order chi connectivity index (χ0) is 27.0. The molecule has 0 aliphatic heterocycles. The van der Waals surface area contributed by atoms with Crippen molar-refractivity contribution >= 4 is 23.2 Å². The van der Waals surface area contributed by atoms with Gasteiger partial charge in [0.25, 0.3) is 5.91 Å². The lowest BCUT2D eigenvalue weighted by atomic mass is 9.57. The van der Waals surface area contributed by atoms with Gasteiger partial charge in [0.2, 0.25) is 11.7 Å². The molecule has 0 bridgehead atoms. The number of amides is 1. The zero-order valence-electron chi connectivity index (χ0n) is 19.9. The maximum Gasteiger partial charge on any atom is 0.255 e. The second-order valence-corrected chi connectivity index (χ2v) is 9.82. The Hall–Kier alpha value is -4.09. The van der Waals surface area contributed by atoms with Crippen LogP contribution >= 0.6 is 0 Å². The van der Waals surface area contributed by atoms with E-state index >= 15 is 0 Å². The Morgan fingerprint density at radius 3 is 2.46 bits per heavy atom. The number of benzene rings is 1. The molecule has 11 heteroatoms. The number of hydrogen-bond acceptors (Lipinski definition) is 9. The molecule has 192 valence electrons. The van der Waals surface area contributed by atoms with Crippen LogP contribution in [0.25, 0.3) is 16.9 Å². The molecule has 1 amide bonds. The molecule has 1 fully saturated rings. The number of rotatable bonds is 3. The normalized spacial score (nSPS) is 27.2. The predicted octanol–water partition coefficient (Wildman–Crippen LogP) is 1.17. The molecule has 6 N–H and O–H groups in total. The van der Waals surface area contributed by atoms with Crippen molar-refractivity contribution in [2.45, 2.75) is 24.5 Å². The van der Waals surface area contributed by atoms with Crippen molar-refractivity contribution < 1.29 is 39.2 Å². The Balaban J connectivity index is 1.74. The summed E-state index contributed by atoms with van der Waals surface area (Å²) in [4.78, 5) is 44.1. The van der Waals surface area contributed by atoms with Gasteiger partial charge in [0.1, 0.15) is 22.8 Å². The molecule has 3 aliphatic carbocycles. The smallest absolute Gasteiger partial charge is 0.255 e. The molecule has 4 atom stereocenters. The van der Waals surface area contributed by atoms with Crippen molar-refractivity contribution in [3.05, 3.63) is 64.4 Å². The van der Waals surface area contributed by atoms with Gasteiger partial charge in [-0.3, -0.25) is 19.3 Å². The lowest BCUT2D eigenvalue weighted by Gasteiger charge is -2.50. The first-order valence-electron chi connectivity index (χ1n) is 11.5. The van der Waals surface area contributed by atoms with E-state index in [9.17, 15) is 39.2 Å². The topological polar surface area (TPSA) is 174 Å². The second-order valence-electron chi connectivity index (χ2n) is 9.82. The molecule has 0 unspecified atom stereocenters. The van der Waals surface area contributed by atoms with E-state index in [-0.39, 0.29) is 29.7 Å². The fourth-order valence-electron chi connectivity index (χ4n) is 6.05. The van der Waals surface area contributed by atoms with E-state index < -0.39 is 64.0 Å². The van der Waals surface area contributed by atoms with E-state index in [0.29, 0.717) is 16.7 Å². The number of nitrogens with two attached hydrogens (primary N) is 1. The van der Waals surface area contributed by atoms with Gasteiger partial charge in [0.05, 0.1) is 11.6 Å². The van der Waals surface area contributed by atoms with Crippen molar-refractivity contribution in [2.24, 2.45) is 17.6 Å². The Bertz CT molecular complexity index is 1450. The number of aromatic nitrogens is 1. The van der Waals surface area contributed by atoms with Gasteiger partial charge < -0.3 is 26.2 Å². The Kier molecular flexibility index (Phi) is 5.46. The molecule has 2 aromatic rings. The monoisotopic (exact) mass is 509 g/mol. The number of phenolic OH excluding ortho intramolecular Hbond substituents is 1. The lowest BCUT2D eigenvalue weighted by Crippen LogP contribution is -2.65. The van der Waals surface area contributed by atoms with Crippen LogP contribution in [0.15, 0.2) is 47.4 Å². The SMILES string of the molecule is CN(C)[C@H]1C(=O)C(C(N)=O)=C(O)[C@]2(O)C(=O)C3=C(O)c4c(O)ccc(-c5ccc(F)nc5)c4C[C@@H]3C[C@H]12. The van der Waals surface area contributed by atoms with Gasteiger partial charge in [-0.25, -0.2) is 4.98 Å². The van der Waals surface area contributed by atoms with Gasteiger partial charge in [-0.05, 0) is 62.2 Å². The lowest BCUT2D eigenvalue weighted by molar-refractivity contribution is -0.153. The van der Waals surface area contributed by atoms with E-state index in [1.165, 1.54) is 43.4 Å². The summed E-state index contributed by atoms with van der Waals surface area (Å²) in [7, 11) is 3.07. The number of aliphatic hydroxyl groups is 3. The van der Waals surface area contributed by atoms with Gasteiger partial charge in [-0.1, -0.05) is 6.07 Å². The van der Waals surface area contributed by atoms with Gasteiger partial charge in [0.15, 0.2) is 11.4 Å². The van der Waals surface area contributed by atoms with Crippen molar-refractivity contribution in [1.82, 2.24) is 9.88 Å². The first-order valence-corrected chi connectivity index (χ1v) is 11.5. The highest BCUT2D eigenvalue weighted by Gasteiger charge is 2.64.